The van der Waals surface area contributed by atoms with Crippen molar-refractivity contribution in [3.63, 3.8) is 0 Å². The van der Waals surface area contributed by atoms with E-state index >= 15 is 0 Å². The maximum atomic E-state index is 12.6. The summed E-state index contributed by atoms with van der Waals surface area (Å²) in [5.41, 5.74) is -0.467. The maximum Gasteiger partial charge on any atom is 0.417 e. The van der Waals surface area contributed by atoms with Crippen LogP contribution >= 0.6 is 0 Å². The zero-order chi connectivity index (χ0) is 13.3. The number of aliphatic imine (C=N–C) groups is 1. The van der Waals surface area contributed by atoms with Crippen LogP contribution in [0.1, 0.15) is 13.3 Å². The molecule has 1 atom stereocenters. The van der Waals surface area contributed by atoms with Gasteiger partial charge in [0.25, 0.3) is 0 Å². The molecule has 3 nitrogen and oxygen atoms in total. The number of halogens is 3. The van der Waals surface area contributed by atoms with Gasteiger partial charge >= 0.3 is 6.18 Å². The van der Waals surface area contributed by atoms with Gasteiger partial charge < -0.3 is 4.90 Å². The third-order valence-electron chi connectivity index (χ3n) is 3.53. The standard InChI is InChI=1S/C12H18F3N3/c1-9-10(12(13,14)15)3-4-11(16-9)18-7-5-17(2)6-8-18/h3,11H,4-8H2,1-2H3. The van der Waals surface area contributed by atoms with Crippen LogP contribution in [0.25, 0.3) is 0 Å². The Balaban J connectivity index is 2.02. The number of dihydropyridines is 1. The highest BCUT2D eigenvalue weighted by atomic mass is 19.4. The highest BCUT2D eigenvalue weighted by Crippen LogP contribution is 2.30. The first-order valence-electron chi connectivity index (χ1n) is 6.12. The zero-order valence-corrected chi connectivity index (χ0v) is 10.7. The molecule has 2 heterocycles. The maximum absolute atomic E-state index is 12.6. The largest absolute Gasteiger partial charge is 0.417 e. The lowest BCUT2D eigenvalue weighted by Crippen LogP contribution is -2.49. The SMILES string of the molecule is CC1=NC(N2CCN(C)CC2)CC=C1C(F)(F)F. The lowest BCUT2D eigenvalue weighted by molar-refractivity contribution is -0.0868. The molecule has 102 valence electrons. The summed E-state index contributed by atoms with van der Waals surface area (Å²) in [7, 11) is 2.05. The Bertz CT molecular complexity index is 365. The minimum atomic E-state index is -4.28. The van der Waals surface area contributed by atoms with Gasteiger partial charge in [-0.25, -0.2) is 0 Å². The molecule has 2 aliphatic heterocycles. The molecule has 0 aliphatic carbocycles. The Kier molecular flexibility index (Phi) is 3.77. The molecule has 1 fully saturated rings. The third kappa shape index (κ3) is 2.92. The second-order valence-electron chi connectivity index (χ2n) is 4.89. The van der Waals surface area contributed by atoms with Crippen LogP contribution in [-0.4, -0.2) is 61.1 Å². The van der Waals surface area contributed by atoms with Gasteiger partial charge in [-0.2, -0.15) is 13.2 Å². The van der Waals surface area contributed by atoms with Crippen LogP contribution in [0, 0.1) is 0 Å². The smallest absolute Gasteiger partial charge is 0.304 e. The van der Waals surface area contributed by atoms with Crippen molar-refractivity contribution in [2.45, 2.75) is 25.7 Å². The van der Waals surface area contributed by atoms with E-state index in [0.29, 0.717) is 6.42 Å². The van der Waals surface area contributed by atoms with E-state index in [9.17, 15) is 13.2 Å². The number of hydrogen-bond donors (Lipinski definition) is 0. The fraction of sp³-hybridized carbons (Fsp3) is 0.750. The van der Waals surface area contributed by atoms with E-state index in [1.807, 2.05) is 7.05 Å². The number of alkyl halides is 3. The number of nitrogens with zero attached hydrogens (tertiary/aromatic N) is 3. The number of hydrogen-bond acceptors (Lipinski definition) is 3. The molecule has 0 aromatic rings. The molecule has 1 saturated heterocycles. The first kappa shape index (κ1) is 13.5. The molecule has 0 spiro atoms. The van der Waals surface area contributed by atoms with Crippen molar-refractivity contribution in [3.05, 3.63) is 11.6 Å². The lowest BCUT2D eigenvalue weighted by atomic mass is 10.0. The van der Waals surface area contributed by atoms with Crippen molar-refractivity contribution in [2.24, 2.45) is 4.99 Å². The minimum absolute atomic E-state index is 0.109. The topological polar surface area (TPSA) is 18.8 Å². The average molecular weight is 261 g/mol. The third-order valence-corrected chi connectivity index (χ3v) is 3.53. The Hall–Kier alpha value is -0.880. The first-order chi connectivity index (χ1) is 8.38. The molecule has 0 bridgehead atoms. The Morgan fingerprint density at radius 1 is 1.22 bits per heavy atom. The number of likely N-dealkylation sites (N-methyl/N-ethyl adjacent to an activating group) is 1. The summed E-state index contributed by atoms with van der Waals surface area (Å²) in [6, 6.07) is 0. The van der Waals surface area contributed by atoms with Crippen LogP contribution in [0.3, 0.4) is 0 Å². The van der Waals surface area contributed by atoms with Crippen molar-refractivity contribution in [1.29, 1.82) is 0 Å². The summed E-state index contributed by atoms with van der Waals surface area (Å²) >= 11 is 0. The van der Waals surface area contributed by atoms with Gasteiger partial charge in [-0.3, -0.25) is 9.89 Å². The molecule has 1 unspecified atom stereocenters. The van der Waals surface area contributed by atoms with Gasteiger partial charge in [-0.15, -0.1) is 0 Å². The van der Waals surface area contributed by atoms with Crippen LogP contribution in [0.5, 0.6) is 0 Å². The summed E-state index contributed by atoms with van der Waals surface area (Å²) in [5.74, 6) is 0. The van der Waals surface area contributed by atoms with Crippen LogP contribution in [-0.2, 0) is 0 Å². The lowest BCUT2D eigenvalue weighted by Gasteiger charge is -2.37. The van der Waals surface area contributed by atoms with Gasteiger partial charge in [0.1, 0.15) is 6.17 Å². The van der Waals surface area contributed by atoms with Crippen LogP contribution in [0.4, 0.5) is 13.2 Å². The molecule has 0 N–H and O–H groups in total. The highest BCUT2D eigenvalue weighted by Gasteiger charge is 2.37. The minimum Gasteiger partial charge on any atom is -0.304 e. The van der Waals surface area contributed by atoms with Gasteiger partial charge in [0, 0.05) is 38.3 Å². The summed E-state index contributed by atoms with van der Waals surface area (Å²) < 4.78 is 37.9. The molecule has 0 saturated carbocycles. The Morgan fingerprint density at radius 2 is 1.83 bits per heavy atom. The van der Waals surface area contributed by atoms with E-state index in [-0.39, 0.29) is 11.9 Å². The van der Waals surface area contributed by atoms with Crippen LogP contribution < -0.4 is 0 Å². The highest BCUT2D eigenvalue weighted by molar-refractivity contribution is 6.00. The Labute approximate surface area is 105 Å². The molecule has 2 rings (SSSR count). The average Bonchev–Trinajstić information content (AvgIpc) is 2.28. The van der Waals surface area contributed by atoms with Crippen LogP contribution in [0.2, 0.25) is 0 Å². The molecule has 0 aromatic heterocycles. The van der Waals surface area contributed by atoms with Crippen LogP contribution in [0.15, 0.2) is 16.6 Å². The Morgan fingerprint density at radius 3 is 2.33 bits per heavy atom. The predicted octanol–water partition coefficient (Wildman–Crippen LogP) is 1.91. The molecule has 0 aromatic carbocycles. The molecule has 6 heteroatoms. The summed E-state index contributed by atoms with van der Waals surface area (Å²) in [5, 5.41) is 0. The molecule has 2 aliphatic rings. The van der Waals surface area contributed by atoms with Crippen molar-refractivity contribution in [2.75, 3.05) is 33.2 Å². The van der Waals surface area contributed by atoms with Gasteiger partial charge in [0.15, 0.2) is 0 Å². The van der Waals surface area contributed by atoms with Crippen molar-refractivity contribution in [3.8, 4) is 0 Å². The predicted molar refractivity (Wildman–Crippen MR) is 64.7 cm³/mol. The molecule has 0 radical (unpaired) electrons. The molecule has 18 heavy (non-hydrogen) atoms. The van der Waals surface area contributed by atoms with E-state index in [0.717, 1.165) is 26.2 Å². The van der Waals surface area contributed by atoms with E-state index in [2.05, 4.69) is 14.8 Å². The number of piperazine rings is 1. The van der Waals surface area contributed by atoms with Gasteiger partial charge in [-0.1, -0.05) is 6.08 Å². The van der Waals surface area contributed by atoms with Gasteiger partial charge in [0.05, 0.1) is 5.57 Å². The van der Waals surface area contributed by atoms with Crippen molar-refractivity contribution >= 4 is 5.71 Å². The number of allylic oxidation sites excluding steroid dienone is 1. The van der Waals surface area contributed by atoms with E-state index in [1.54, 1.807) is 0 Å². The molecule has 0 amide bonds. The first-order valence-corrected chi connectivity index (χ1v) is 6.12. The normalized spacial score (nSPS) is 27.9. The quantitative estimate of drug-likeness (QED) is 0.718. The fourth-order valence-electron chi connectivity index (χ4n) is 2.39. The fourth-order valence-corrected chi connectivity index (χ4v) is 2.39. The van der Waals surface area contributed by atoms with Crippen molar-refractivity contribution < 1.29 is 13.2 Å². The van der Waals surface area contributed by atoms with Gasteiger partial charge in [-0.05, 0) is 14.0 Å². The molecular weight excluding hydrogens is 243 g/mol. The zero-order valence-electron chi connectivity index (χ0n) is 10.7. The second kappa shape index (κ2) is 5.01. The summed E-state index contributed by atoms with van der Waals surface area (Å²) in [4.78, 5) is 8.59. The number of rotatable bonds is 1. The summed E-state index contributed by atoms with van der Waals surface area (Å²) in [6.07, 6.45) is -2.76. The van der Waals surface area contributed by atoms with E-state index < -0.39 is 11.7 Å². The monoisotopic (exact) mass is 261 g/mol. The van der Waals surface area contributed by atoms with Crippen molar-refractivity contribution in [1.82, 2.24) is 9.80 Å². The van der Waals surface area contributed by atoms with E-state index in [1.165, 1.54) is 13.0 Å². The van der Waals surface area contributed by atoms with E-state index in [4.69, 9.17) is 0 Å². The molecular formula is C12H18F3N3. The second-order valence-corrected chi connectivity index (χ2v) is 4.89. The summed E-state index contributed by atoms with van der Waals surface area (Å²) in [6.45, 7) is 5.07. The van der Waals surface area contributed by atoms with Gasteiger partial charge in [0.2, 0.25) is 0 Å².